The molecule has 28 heavy (non-hydrogen) atoms. The minimum Gasteiger partial charge on any atom is -0.468 e. The summed E-state index contributed by atoms with van der Waals surface area (Å²) in [7, 11) is 0. The topological polar surface area (TPSA) is 67.9 Å². The first-order valence-corrected chi connectivity index (χ1v) is 8.66. The van der Waals surface area contributed by atoms with E-state index >= 15 is 0 Å². The maximum Gasteiger partial charge on any atom is 0.387 e. The second-order valence-electron chi connectivity index (χ2n) is 6.10. The van der Waals surface area contributed by atoms with Gasteiger partial charge in [-0.2, -0.15) is 8.78 Å². The lowest BCUT2D eigenvalue weighted by Gasteiger charge is -2.19. The van der Waals surface area contributed by atoms with E-state index in [4.69, 9.17) is 8.83 Å². The molecule has 0 saturated carbocycles. The van der Waals surface area contributed by atoms with Gasteiger partial charge in [0.2, 0.25) is 5.91 Å². The van der Waals surface area contributed by atoms with E-state index in [0.717, 1.165) is 17.1 Å². The molecule has 3 aromatic rings. The van der Waals surface area contributed by atoms with Crippen molar-refractivity contribution in [3.8, 4) is 5.75 Å². The number of nitrogens with one attached hydrogen (secondary N) is 1. The Morgan fingerprint density at radius 3 is 2.11 bits per heavy atom. The van der Waals surface area contributed by atoms with Gasteiger partial charge in [0, 0.05) is 6.54 Å². The summed E-state index contributed by atoms with van der Waals surface area (Å²) in [4.78, 5) is 14.3. The Morgan fingerprint density at radius 1 is 1.00 bits per heavy atom. The number of hydrogen-bond donors (Lipinski definition) is 1. The Labute approximate surface area is 160 Å². The van der Waals surface area contributed by atoms with Crippen LogP contribution in [-0.4, -0.2) is 24.0 Å². The molecule has 148 valence electrons. The smallest absolute Gasteiger partial charge is 0.387 e. The number of nitrogens with zero attached hydrogens (tertiary/aromatic N) is 1. The summed E-state index contributed by atoms with van der Waals surface area (Å²) in [5.41, 5.74) is 0.776. The molecule has 0 bridgehead atoms. The molecule has 1 aromatic carbocycles. The van der Waals surface area contributed by atoms with Crippen molar-refractivity contribution in [1.82, 2.24) is 10.2 Å². The highest BCUT2D eigenvalue weighted by atomic mass is 19.3. The maximum atomic E-state index is 12.4. The molecule has 0 atom stereocenters. The molecule has 0 fully saturated rings. The molecule has 1 amide bonds. The van der Waals surface area contributed by atoms with Crippen molar-refractivity contribution in [1.29, 1.82) is 0 Å². The van der Waals surface area contributed by atoms with Gasteiger partial charge in [-0.3, -0.25) is 9.69 Å². The van der Waals surface area contributed by atoms with E-state index in [1.807, 2.05) is 17.0 Å². The number of alkyl halides is 2. The monoisotopic (exact) mass is 390 g/mol. The van der Waals surface area contributed by atoms with Crippen LogP contribution in [0.25, 0.3) is 0 Å². The molecule has 0 saturated heterocycles. The largest absolute Gasteiger partial charge is 0.468 e. The Morgan fingerprint density at radius 2 is 1.61 bits per heavy atom. The van der Waals surface area contributed by atoms with Gasteiger partial charge in [-0.15, -0.1) is 0 Å². The molecule has 8 heteroatoms. The number of furan rings is 2. The summed E-state index contributed by atoms with van der Waals surface area (Å²) >= 11 is 0. The van der Waals surface area contributed by atoms with E-state index in [0.29, 0.717) is 13.1 Å². The predicted octanol–water partition coefficient (Wildman–Crippen LogP) is 3.79. The molecular weight excluding hydrogens is 370 g/mol. The van der Waals surface area contributed by atoms with Crippen LogP contribution in [0.5, 0.6) is 5.75 Å². The van der Waals surface area contributed by atoms with E-state index in [1.54, 1.807) is 36.8 Å². The van der Waals surface area contributed by atoms with Crippen LogP contribution in [0.2, 0.25) is 0 Å². The number of carbonyl (C=O) groups is 1. The second kappa shape index (κ2) is 9.70. The zero-order valence-corrected chi connectivity index (χ0v) is 15.0. The number of benzene rings is 1. The predicted molar refractivity (Wildman–Crippen MR) is 96.5 cm³/mol. The fraction of sp³-hybridized carbons (Fsp3) is 0.250. The maximum absolute atomic E-state index is 12.4. The van der Waals surface area contributed by atoms with Crippen molar-refractivity contribution in [2.45, 2.75) is 26.2 Å². The fourth-order valence-electron chi connectivity index (χ4n) is 2.66. The van der Waals surface area contributed by atoms with Gasteiger partial charge in [0.05, 0.1) is 32.2 Å². The highest BCUT2D eigenvalue weighted by Crippen LogP contribution is 2.15. The second-order valence-corrected chi connectivity index (χ2v) is 6.10. The molecule has 0 unspecified atom stereocenters. The van der Waals surface area contributed by atoms with Crippen LogP contribution < -0.4 is 10.1 Å². The lowest BCUT2D eigenvalue weighted by atomic mass is 10.2. The average Bonchev–Trinajstić information content (AvgIpc) is 3.35. The zero-order chi connectivity index (χ0) is 19.8. The van der Waals surface area contributed by atoms with Gasteiger partial charge in [0.1, 0.15) is 17.3 Å². The molecule has 6 nitrogen and oxygen atoms in total. The molecule has 0 aliphatic carbocycles. The quantitative estimate of drug-likeness (QED) is 0.570. The van der Waals surface area contributed by atoms with Crippen LogP contribution in [0.1, 0.15) is 17.1 Å². The van der Waals surface area contributed by atoms with Gasteiger partial charge in [-0.25, -0.2) is 0 Å². The fourth-order valence-corrected chi connectivity index (χ4v) is 2.66. The number of hydrogen-bond acceptors (Lipinski definition) is 5. The zero-order valence-electron chi connectivity index (χ0n) is 15.0. The van der Waals surface area contributed by atoms with Crippen LogP contribution in [0.15, 0.2) is 69.9 Å². The third-order valence-electron chi connectivity index (χ3n) is 3.92. The number of halogens is 2. The average molecular weight is 390 g/mol. The van der Waals surface area contributed by atoms with Gasteiger partial charge >= 0.3 is 6.61 Å². The molecule has 2 aromatic heterocycles. The SMILES string of the molecule is O=C(CN(Cc1ccco1)Cc1ccco1)NCc1ccc(OC(F)F)cc1. The Balaban J connectivity index is 1.52. The van der Waals surface area contributed by atoms with Gasteiger partial charge in [0.25, 0.3) is 0 Å². The van der Waals surface area contributed by atoms with Crippen molar-refractivity contribution in [2.75, 3.05) is 6.54 Å². The van der Waals surface area contributed by atoms with E-state index < -0.39 is 6.61 Å². The Kier molecular flexibility index (Phi) is 6.80. The van der Waals surface area contributed by atoms with Crippen LogP contribution >= 0.6 is 0 Å². The lowest BCUT2D eigenvalue weighted by Crippen LogP contribution is -2.36. The molecule has 0 radical (unpaired) electrons. The summed E-state index contributed by atoms with van der Waals surface area (Å²) in [5.74, 6) is 1.39. The van der Waals surface area contributed by atoms with Crippen molar-refractivity contribution < 1.29 is 27.1 Å². The molecule has 1 N–H and O–H groups in total. The minimum atomic E-state index is -2.86. The summed E-state index contributed by atoms with van der Waals surface area (Å²) < 4.78 is 39.4. The van der Waals surface area contributed by atoms with Gasteiger partial charge in [-0.05, 0) is 42.0 Å². The van der Waals surface area contributed by atoms with Crippen LogP contribution in [0.4, 0.5) is 8.78 Å². The molecule has 0 spiro atoms. The summed E-state index contributed by atoms with van der Waals surface area (Å²) in [5, 5.41) is 2.82. The van der Waals surface area contributed by atoms with E-state index in [-0.39, 0.29) is 24.7 Å². The number of amides is 1. The number of rotatable bonds is 10. The summed E-state index contributed by atoms with van der Waals surface area (Å²) in [6, 6.07) is 13.4. The first kappa shape index (κ1) is 19.6. The van der Waals surface area contributed by atoms with Gasteiger partial charge in [0.15, 0.2) is 0 Å². The Bertz CT molecular complexity index is 797. The normalized spacial score (nSPS) is 11.1. The third-order valence-corrected chi connectivity index (χ3v) is 3.92. The molecule has 3 rings (SSSR count). The van der Waals surface area contributed by atoms with Gasteiger partial charge in [-0.1, -0.05) is 12.1 Å². The summed E-state index contributed by atoms with van der Waals surface area (Å²) in [6.07, 6.45) is 3.17. The van der Waals surface area contributed by atoms with E-state index in [1.165, 1.54) is 12.1 Å². The minimum absolute atomic E-state index is 0.0770. The van der Waals surface area contributed by atoms with Crippen LogP contribution in [0, 0.1) is 0 Å². The van der Waals surface area contributed by atoms with Crippen molar-refractivity contribution in [2.24, 2.45) is 0 Å². The molecule has 0 aliphatic heterocycles. The van der Waals surface area contributed by atoms with Gasteiger partial charge < -0.3 is 18.9 Å². The molecule has 0 aliphatic rings. The van der Waals surface area contributed by atoms with E-state index in [9.17, 15) is 13.6 Å². The number of carbonyl (C=O) groups excluding carboxylic acids is 1. The number of ether oxygens (including phenoxy) is 1. The molecular formula is C20H20F2N2O4. The van der Waals surface area contributed by atoms with Crippen molar-refractivity contribution >= 4 is 5.91 Å². The standard InChI is InChI=1S/C20H20F2N2O4/c21-20(22)28-16-7-5-15(6-8-16)11-23-19(25)14-24(12-17-3-1-9-26-17)13-18-4-2-10-27-18/h1-10,20H,11-14H2,(H,23,25). The third kappa shape index (κ3) is 6.24. The van der Waals surface area contributed by atoms with Crippen LogP contribution in [-0.2, 0) is 24.4 Å². The molecule has 2 heterocycles. The lowest BCUT2D eigenvalue weighted by molar-refractivity contribution is -0.122. The van der Waals surface area contributed by atoms with Crippen molar-refractivity contribution in [3.05, 3.63) is 78.1 Å². The van der Waals surface area contributed by atoms with Crippen molar-refractivity contribution in [3.63, 3.8) is 0 Å². The summed E-state index contributed by atoms with van der Waals surface area (Å²) in [6.45, 7) is -1.52. The first-order chi connectivity index (χ1) is 13.6. The van der Waals surface area contributed by atoms with Crippen LogP contribution in [0.3, 0.4) is 0 Å². The highest BCUT2D eigenvalue weighted by molar-refractivity contribution is 5.78. The highest BCUT2D eigenvalue weighted by Gasteiger charge is 2.15. The first-order valence-electron chi connectivity index (χ1n) is 8.66. The van der Waals surface area contributed by atoms with E-state index in [2.05, 4.69) is 10.1 Å². The Hall–Kier alpha value is -3.13.